The van der Waals surface area contributed by atoms with E-state index >= 15 is 0 Å². The first-order valence-corrected chi connectivity index (χ1v) is 35.3. The minimum atomic E-state index is 0.451. The summed E-state index contributed by atoms with van der Waals surface area (Å²) in [6.07, 6.45) is 15.7. The van der Waals surface area contributed by atoms with Crippen molar-refractivity contribution in [3.8, 4) is 0 Å². The molecule has 0 saturated heterocycles. The lowest BCUT2D eigenvalue weighted by Crippen LogP contribution is -2.30. The van der Waals surface area contributed by atoms with Gasteiger partial charge in [-0.15, -0.1) is 3.96 Å². The Bertz CT molecular complexity index is 2650. The van der Waals surface area contributed by atoms with Crippen molar-refractivity contribution in [3.05, 3.63) is 174 Å². The fraction of sp³-hybridized carbons (Fsp3) is 0.571. The van der Waals surface area contributed by atoms with Crippen LogP contribution in [0.2, 0.25) is 0 Å². The predicted molar refractivity (Wildman–Crippen MR) is 377 cm³/mol. The molecule has 0 amide bonds. The third-order valence-electron chi connectivity index (χ3n) is 13.6. The molecule has 0 spiro atoms. The van der Waals surface area contributed by atoms with Crippen LogP contribution in [0.4, 0.5) is 0 Å². The van der Waals surface area contributed by atoms with Crippen LogP contribution in [0.5, 0.6) is 0 Å². The smallest absolute Gasteiger partial charge is 0.349 e. The Labute approximate surface area is 562 Å². The van der Waals surface area contributed by atoms with Crippen molar-refractivity contribution >= 4 is 57.7 Å². The van der Waals surface area contributed by atoms with Crippen LogP contribution < -0.4 is 13.1 Å². The van der Waals surface area contributed by atoms with E-state index in [9.17, 15) is 0 Å². The highest BCUT2D eigenvalue weighted by molar-refractivity contribution is 7.06. The summed E-state index contributed by atoms with van der Waals surface area (Å²) in [4.78, 5) is 10.8. The summed E-state index contributed by atoms with van der Waals surface area (Å²) in [6, 6.07) is 2.18. The van der Waals surface area contributed by atoms with E-state index in [4.69, 9.17) is 22.2 Å². The minimum Gasteiger partial charge on any atom is -0.449 e. The minimum absolute atomic E-state index is 0.451. The molecule has 10 aromatic rings. The Kier molecular flexibility index (Phi) is 39.4. The first-order chi connectivity index (χ1) is 42.2. The molecule has 90 heavy (non-hydrogen) atoms. The molecule has 0 fully saturated rings. The van der Waals surface area contributed by atoms with E-state index in [1.807, 2.05) is 62.6 Å². The Balaban J connectivity index is 0.000000500. The molecule has 0 aliphatic rings. The highest BCUT2D eigenvalue weighted by Gasteiger charge is 2.15. The van der Waals surface area contributed by atoms with Gasteiger partial charge in [0.15, 0.2) is 38.1 Å². The summed E-state index contributed by atoms with van der Waals surface area (Å²) < 4.78 is 47.8. The van der Waals surface area contributed by atoms with Crippen molar-refractivity contribution in [1.29, 1.82) is 0 Å². The number of hydrogen-bond donors (Lipinski definition) is 0. The van der Waals surface area contributed by atoms with Gasteiger partial charge < -0.3 is 22.2 Å². The average Bonchev–Trinajstić information content (AvgIpc) is 4.31. The first kappa shape index (κ1) is 82.2. The van der Waals surface area contributed by atoms with Crippen LogP contribution in [0, 0.1) is 48.5 Å². The van der Waals surface area contributed by atoms with Crippen molar-refractivity contribution in [2.75, 3.05) is 0 Å². The van der Waals surface area contributed by atoms with Gasteiger partial charge in [-0.1, -0.05) is 130 Å². The van der Waals surface area contributed by atoms with Gasteiger partial charge in [-0.3, -0.25) is 0 Å². The third-order valence-corrected chi connectivity index (χ3v) is 17.8. The van der Waals surface area contributed by atoms with Crippen molar-refractivity contribution in [3.63, 3.8) is 0 Å². The Hall–Kier alpha value is -5.80. The van der Waals surface area contributed by atoms with E-state index in [1.54, 1.807) is 82.8 Å². The summed E-state index contributed by atoms with van der Waals surface area (Å²) in [5.74, 6) is 8.51. The predicted octanol–water partition coefficient (Wildman–Crippen LogP) is 20.8. The van der Waals surface area contributed by atoms with E-state index in [0.29, 0.717) is 59.2 Å². The van der Waals surface area contributed by atoms with Gasteiger partial charge in [-0.05, 0) is 166 Å². The standard InChI is InChI=1S/2C7H12NO.3C7H11NO.C7H12NS.4C7H11NS/c1-6(2)7-4-9-5-8(7)3;1-6(2)7-8(3)4-5-9-7;1-5(2)7-6(3)9-4-8-7;1-5(2)7-6(3)8-4-9-7;1-5(2)7-6(3)4-9-8-7;1-6(2)7-4-5-9-8(7)3;1-5(2)7-4-9-8-6(7)3;1-5(2)7-4-8-9-6(7)3;1-5(2)7-6(3)4-9-8-7;1-5(2)7-6(3)4-8-9-7/h2*4-6H,1-3H3;3*4-5H,1-3H3;4-6H,1-3H3;4*4-5H,1-3H3/q2*+1;;;;+1;;;;. The Morgan fingerprint density at radius 3 is 1.29 bits per heavy atom. The summed E-state index contributed by atoms with van der Waals surface area (Å²) in [6.45, 7) is 57.3. The number of aryl methyl sites for hydroxylation is 10. The van der Waals surface area contributed by atoms with E-state index < -0.39 is 0 Å². The van der Waals surface area contributed by atoms with E-state index in [0.717, 1.165) is 40.1 Å². The molecule has 500 valence electrons. The zero-order chi connectivity index (χ0) is 68.5. The average molecular weight is 1340 g/mol. The molecule has 10 rings (SSSR count). The fourth-order valence-electron chi connectivity index (χ4n) is 8.70. The Morgan fingerprint density at radius 1 is 0.478 bits per heavy atom. The highest BCUT2D eigenvalue weighted by atomic mass is 32.1. The second-order valence-electron chi connectivity index (χ2n) is 25.1. The molecular weight excluding hydrogens is 1220 g/mol. The molecular formula is C70H113N10O5S5+3. The second-order valence-corrected chi connectivity index (χ2v) is 29.2. The summed E-state index contributed by atoms with van der Waals surface area (Å²) in [7, 11) is 6.07. The molecule has 20 heteroatoms. The molecule has 0 radical (unpaired) electrons. The van der Waals surface area contributed by atoms with Crippen LogP contribution in [0.3, 0.4) is 0 Å². The molecule has 10 heterocycles. The van der Waals surface area contributed by atoms with Gasteiger partial charge in [-0.2, -0.15) is 17.9 Å². The number of aromatic nitrogens is 10. The normalized spacial score (nSPS) is 10.7. The molecule has 10 aromatic heterocycles. The van der Waals surface area contributed by atoms with Gasteiger partial charge in [0.2, 0.25) is 11.9 Å². The molecule has 0 saturated carbocycles. The van der Waals surface area contributed by atoms with Crippen LogP contribution in [0.15, 0.2) is 101 Å². The molecule has 15 nitrogen and oxygen atoms in total. The number of nitrogens with zero attached hydrogens (tertiary/aromatic N) is 10. The van der Waals surface area contributed by atoms with Gasteiger partial charge in [0, 0.05) is 62.3 Å². The van der Waals surface area contributed by atoms with Crippen molar-refractivity contribution in [2.45, 2.75) is 246 Å². The first-order valence-electron chi connectivity index (χ1n) is 31.3. The number of hydrogen-bond acceptors (Lipinski definition) is 17. The summed E-state index contributed by atoms with van der Waals surface area (Å²) >= 11 is 8.03. The maximum absolute atomic E-state index is 5.19. The van der Waals surface area contributed by atoms with E-state index in [2.05, 4.69) is 232 Å². The Morgan fingerprint density at radius 2 is 1.07 bits per heavy atom. The molecule has 0 N–H and O–H groups in total. The lowest BCUT2D eigenvalue weighted by Gasteiger charge is -1.99. The highest BCUT2D eigenvalue weighted by Crippen LogP contribution is 2.24. The summed E-state index contributed by atoms with van der Waals surface area (Å²) in [5.41, 5.74) is 14.8. The van der Waals surface area contributed by atoms with Crippen LogP contribution in [0.25, 0.3) is 0 Å². The van der Waals surface area contributed by atoms with Gasteiger partial charge in [0.05, 0.1) is 39.8 Å². The molecule has 0 aliphatic heterocycles. The molecule has 0 unspecified atom stereocenters. The lowest BCUT2D eigenvalue weighted by molar-refractivity contribution is -0.683. The molecule has 0 aromatic carbocycles. The van der Waals surface area contributed by atoms with E-state index in [-0.39, 0.29) is 0 Å². The van der Waals surface area contributed by atoms with E-state index in [1.165, 1.54) is 67.6 Å². The molecule has 0 atom stereocenters. The maximum Gasteiger partial charge on any atom is 0.349 e. The van der Waals surface area contributed by atoms with Gasteiger partial charge in [0.1, 0.15) is 43.4 Å². The summed E-state index contributed by atoms with van der Waals surface area (Å²) in [5, 5.41) is 10.2. The second kappa shape index (κ2) is 43.1. The van der Waals surface area contributed by atoms with Gasteiger partial charge in [0.25, 0.3) is 0 Å². The maximum atomic E-state index is 5.19. The monoisotopic (exact) mass is 1330 g/mol. The molecule has 0 bridgehead atoms. The van der Waals surface area contributed by atoms with Crippen molar-refractivity contribution in [1.82, 2.24) is 32.6 Å². The van der Waals surface area contributed by atoms with Crippen molar-refractivity contribution < 1.29 is 35.3 Å². The number of rotatable bonds is 10. The van der Waals surface area contributed by atoms with Crippen LogP contribution in [-0.2, 0) is 21.1 Å². The topological polar surface area (TPSA) is 168 Å². The largest absolute Gasteiger partial charge is 0.449 e. The fourth-order valence-corrected chi connectivity index (χ4v) is 12.6. The SMILES string of the molecule is CC(C)c1ccs[n+]1C.CC(C)c1coc[n+]1C.CC(C)c1occ[n+]1C.Cc1cnsc1C(C)C.Cc1conc1C(C)C.Cc1csnc1C(C)C.Cc1ncoc1C(C)C.Cc1nscc1C(C)C.Cc1ocnc1C(C)C.Cc1sncc1C(C)C. The zero-order valence-electron chi connectivity index (χ0n) is 60.3. The van der Waals surface area contributed by atoms with Crippen LogP contribution in [0.1, 0.15) is 292 Å². The van der Waals surface area contributed by atoms with Gasteiger partial charge >= 0.3 is 12.3 Å². The molecule has 0 aliphatic carbocycles. The zero-order valence-corrected chi connectivity index (χ0v) is 64.4. The third kappa shape index (κ3) is 30.1. The lowest BCUT2D eigenvalue weighted by atomic mass is 10.1. The number of oxazole rings is 4. The van der Waals surface area contributed by atoms with Crippen molar-refractivity contribution in [2.24, 2.45) is 21.1 Å². The quantitative estimate of drug-likeness (QED) is 0.119. The van der Waals surface area contributed by atoms with Crippen LogP contribution >= 0.6 is 57.7 Å². The van der Waals surface area contributed by atoms with Crippen LogP contribution in [-0.4, -0.2) is 32.6 Å². The van der Waals surface area contributed by atoms with Gasteiger partial charge in [-0.25, -0.2) is 18.7 Å².